The molecule has 2 aromatic carbocycles. The molecule has 1 heterocycles. The number of carbonyl (C=O) groups excluding carboxylic acids is 1. The van der Waals surface area contributed by atoms with E-state index in [9.17, 15) is 13.2 Å². The van der Waals surface area contributed by atoms with Crippen molar-refractivity contribution in [1.29, 1.82) is 0 Å². The largest absolute Gasteiger partial charge is 0.379 e. The van der Waals surface area contributed by atoms with Crippen molar-refractivity contribution in [2.45, 2.75) is 31.2 Å². The standard InChI is InChI=1S/C21H26N2O4S/c1-3-20(17-6-4-16(2)5-7-17)22-21(24)18-8-10-19(11-9-18)28(25,26)23-12-14-27-15-13-23/h4-11,20H,3,12-15H2,1-2H3,(H,22,24)/t20-/m1/s1. The lowest BCUT2D eigenvalue weighted by atomic mass is 10.0. The first-order valence-corrected chi connectivity index (χ1v) is 10.9. The van der Waals surface area contributed by atoms with Gasteiger partial charge in [-0.1, -0.05) is 36.8 Å². The fourth-order valence-corrected chi connectivity index (χ4v) is 4.58. The number of benzene rings is 2. The number of hydrogen-bond acceptors (Lipinski definition) is 4. The van der Waals surface area contributed by atoms with Gasteiger partial charge in [0.2, 0.25) is 10.0 Å². The number of ether oxygens (including phenoxy) is 1. The Bertz CT molecular complexity index is 902. The minimum atomic E-state index is -3.56. The van der Waals surface area contributed by atoms with Crippen molar-refractivity contribution in [3.8, 4) is 0 Å². The Kier molecular flexibility index (Phi) is 6.49. The highest BCUT2D eigenvalue weighted by Crippen LogP contribution is 2.20. The molecule has 150 valence electrons. The van der Waals surface area contributed by atoms with Crippen molar-refractivity contribution < 1.29 is 17.9 Å². The molecule has 1 aliphatic rings. The number of morpholine rings is 1. The molecule has 1 aliphatic heterocycles. The van der Waals surface area contributed by atoms with Crippen LogP contribution in [0.25, 0.3) is 0 Å². The summed E-state index contributed by atoms with van der Waals surface area (Å²) in [5.74, 6) is -0.220. The molecule has 0 radical (unpaired) electrons. The van der Waals surface area contributed by atoms with Gasteiger partial charge in [-0.3, -0.25) is 4.79 Å². The van der Waals surface area contributed by atoms with Crippen LogP contribution in [0.1, 0.15) is 40.9 Å². The predicted octanol–water partition coefficient (Wildman–Crippen LogP) is 2.90. The number of aryl methyl sites for hydroxylation is 1. The van der Waals surface area contributed by atoms with Crippen LogP contribution < -0.4 is 5.32 Å². The Morgan fingerprint density at radius 2 is 1.68 bits per heavy atom. The van der Waals surface area contributed by atoms with E-state index < -0.39 is 10.0 Å². The summed E-state index contributed by atoms with van der Waals surface area (Å²) in [6.45, 7) is 5.53. The smallest absolute Gasteiger partial charge is 0.251 e. The van der Waals surface area contributed by atoms with Crippen molar-refractivity contribution in [3.05, 3.63) is 65.2 Å². The molecule has 0 spiro atoms. The van der Waals surface area contributed by atoms with Gasteiger partial charge in [0.15, 0.2) is 0 Å². The average molecular weight is 403 g/mol. The molecule has 2 aromatic rings. The quantitative estimate of drug-likeness (QED) is 0.806. The van der Waals surface area contributed by atoms with Gasteiger partial charge in [0.25, 0.3) is 5.91 Å². The van der Waals surface area contributed by atoms with E-state index >= 15 is 0 Å². The maximum Gasteiger partial charge on any atom is 0.251 e. The molecule has 0 saturated carbocycles. The number of carbonyl (C=O) groups is 1. The maximum absolute atomic E-state index is 12.7. The molecule has 1 fully saturated rings. The van der Waals surface area contributed by atoms with Crippen molar-refractivity contribution in [3.63, 3.8) is 0 Å². The van der Waals surface area contributed by atoms with Crippen molar-refractivity contribution in [1.82, 2.24) is 9.62 Å². The van der Waals surface area contributed by atoms with Crippen LogP contribution in [-0.4, -0.2) is 44.9 Å². The molecule has 1 amide bonds. The Morgan fingerprint density at radius 3 is 2.25 bits per heavy atom. The summed E-state index contributed by atoms with van der Waals surface area (Å²) in [4.78, 5) is 12.8. The zero-order valence-corrected chi connectivity index (χ0v) is 17.0. The number of amides is 1. The molecule has 28 heavy (non-hydrogen) atoms. The molecule has 1 atom stereocenters. The zero-order chi connectivity index (χ0) is 20.1. The fraction of sp³-hybridized carbons (Fsp3) is 0.381. The Hall–Kier alpha value is -2.22. The second-order valence-electron chi connectivity index (χ2n) is 6.89. The van der Waals surface area contributed by atoms with Crippen LogP contribution in [0.4, 0.5) is 0 Å². The molecule has 1 N–H and O–H groups in total. The van der Waals surface area contributed by atoms with Crippen molar-refractivity contribution in [2.75, 3.05) is 26.3 Å². The number of hydrogen-bond donors (Lipinski definition) is 1. The molecule has 0 bridgehead atoms. The van der Waals surface area contributed by atoms with Crippen LogP contribution in [0.5, 0.6) is 0 Å². The molecule has 0 unspecified atom stereocenters. The van der Waals surface area contributed by atoms with Gasteiger partial charge in [-0.15, -0.1) is 0 Å². The van der Waals surface area contributed by atoms with Crippen LogP contribution in [0.2, 0.25) is 0 Å². The normalized spacial score (nSPS) is 16.5. The van der Waals surface area contributed by atoms with Crippen LogP contribution in [0.15, 0.2) is 53.4 Å². The number of rotatable bonds is 6. The van der Waals surface area contributed by atoms with Crippen molar-refractivity contribution in [2.24, 2.45) is 0 Å². The average Bonchev–Trinajstić information content (AvgIpc) is 2.73. The van der Waals surface area contributed by atoms with E-state index in [-0.39, 0.29) is 16.8 Å². The highest BCUT2D eigenvalue weighted by atomic mass is 32.2. The lowest BCUT2D eigenvalue weighted by Gasteiger charge is -2.26. The predicted molar refractivity (Wildman–Crippen MR) is 108 cm³/mol. The maximum atomic E-state index is 12.7. The number of sulfonamides is 1. The summed E-state index contributed by atoms with van der Waals surface area (Å²) >= 11 is 0. The fourth-order valence-electron chi connectivity index (χ4n) is 3.18. The van der Waals surface area contributed by atoms with Gasteiger partial charge in [-0.25, -0.2) is 8.42 Å². The van der Waals surface area contributed by atoms with Crippen LogP contribution >= 0.6 is 0 Å². The van der Waals surface area contributed by atoms with Gasteiger partial charge in [-0.05, 0) is 43.2 Å². The van der Waals surface area contributed by atoms with Gasteiger partial charge < -0.3 is 10.1 Å². The Balaban J connectivity index is 1.71. The van der Waals surface area contributed by atoms with Gasteiger partial charge in [0.05, 0.1) is 24.2 Å². The second-order valence-corrected chi connectivity index (χ2v) is 8.82. The van der Waals surface area contributed by atoms with Crippen molar-refractivity contribution >= 4 is 15.9 Å². The third-order valence-electron chi connectivity index (χ3n) is 4.92. The molecule has 6 nitrogen and oxygen atoms in total. The van der Waals surface area contributed by atoms with Crippen LogP contribution in [-0.2, 0) is 14.8 Å². The van der Waals surface area contributed by atoms with Gasteiger partial charge in [-0.2, -0.15) is 4.31 Å². The molecular formula is C21H26N2O4S. The lowest BCUT2D eigenvalue weighted by Crippen LogP contribution is -2.40. The third-order valence-corrected chi connectivity index (χ3v) is 6.83. The first kappa shape index (κ1) is 20.5. The van der Waals surface area contributed by atoms with E-state index in [0.717, 1.165) is 12.0 Å². The first-order valence-electron chi connectivity index (χ1n) is 9.47. The monoisotopic (exact) mass is 402 g/mol. The summed E-state index contributed by atoms with van der Waals surface area (Å²) in [7, 11) is -3.56. The summed E-state index contributed by atoms with van der Waals surface area (Å²) in [6.07, 6.45) is 0.762. The van der Waals surface area contributed by atoms with Crippen LogP contribution in [0.3, 0.4) is 0 Å². The molecule has 0 aromatic heterocycles. The summed E-state index contributed by atoms with van der Waals surface area (Å²) in [5.41, 5.74) is 2.65. The second kappa shape index (κ2) is 8.86. The van der Waals surface area contributed by atoms with E-state index in [1.807, 2.05) is 38.1 Å². The molecule has 7 heteroatoms. The molecule has 3 rings (SSSR count). The molecule has 0 aliphatic carbocycles. The van der Waals surface area contributed by atoms with E-state index in [2.05, 4.69) is 5.32 Å². The van der Waals surface area contributed by atoms with Crippen LogP contribution in [0, 0.1) is 6.92 Å². The summed E-state index contributed by atoms with van der Waals surface area (Å²) < 4.78 is 32.0. The summed E-state index contributed by atoms with van der Waals surface area (Å²) in [5, 5.41) is 3.02. The highest BCUT2D eigenvalue weighted by molar-refractivity contribution is 7.89. The van der Waals surface area contributed by atoms with Gasteiger partial charge >= 0.3 is 0 Å². The third kappa shape index (κ3) is 4.60. The van der Waals surface area contributed by atoms with Gasteiger partial charge in [0, 0.05) is 18.7 Å². The van der Waals surface area contributed by atoms with E-state index in [0.29, 0.717) is 31.9 Å². The Labute approximate surface area is 166 Å². The number of nitrogens with one attached hydrogen (secondary N) is 1. The van der Waals surface area contributed by atoms with E-state index in [1.165, 1.54) is 22.0 Å². The minimum absolute atomic E-state index is 0.0927. The molecular weight excluding hydrogens is 376 g/mol. The number of nitrogens with zero attached hydrogens (tertiary/aromatic N) is 1. The molecule has 1 saturated heterocycles. The van der Waals surface area contributed by atoms with E-state index in [4.69, 9.17) is 4.74 Å². The summed E-state index contributed by atoms with van der Waals surface area (Å²) in [6, 6.07) is 14.1. The first-order chi connectivity index (χ1) is 13.4. The SMILES string of the molecule is CC[C@@H](NC(=O)c1ccc(S(=O)(=O)N2CCOCC2)cc1)c1ccc(C)cc1. The topological polar surface area (TPSA) is 75.7 Å². The lowest BCUT2D eigenvalue weighted by molar-refractivity contribution is 0.0730. The minimum Gasteiger partial charge on any atom is -0.379 e. The Morgan fingerprint density at radius 1 is 1.07 bits per heavy atom. The zero-order valence-electron chi connectivity index (χ0n) is 16.2. The van der Waals surface area contributed by atoms with Gasteiger partial charge in [0.1, 0.15) is 0 Å². The highest BCUT2D eigenvalue weighted by Gasteiger charge is 2.26. The van der Waals surface area contributed by atoms with E-state index in [1.54, 1.807) is 12.1 Å².